The van der Waals surface area contributed by atoms with Crippen molar-refractivity contribution in [1.82, 2.24) is 4.90 Å². The van der Waals surface area contributed by atoms with Crippen molar-refractivity contribution in [2.45, 2.75) is 32.2 Å². The van der Waals surface area contributed by atoms with Crippen molar-refractivity contribution >= 4 is 17.3 Å². The topological polar surface area (TPSA) is 29.3 Å². The van der Waals surface area contributed by atoms with Gasteiger partial charge in [-0.3, -0.25) is 0 Å². The van der Waals surface area contributed by atoms with E-state index in [1.165, 1.54) is 37.8 Å². The third-order valence-electron chi connectivity index (χ3n) is 3.56. The first-order chi connectivity index (χ1) is 8.15. The molecule has 0 aliphatic heterocycles. The molecule has 1 aromatic carbocycles. The summed E-state index contributed by atoms with van der Waals surface area (Å²) >= 11 is 6.02. The molecule has 1 fully saturated rings. The van der Waals surface area contributed by atoms with Gasteiger partial charge in [0.25, 0.3) is 0 Å². The fraction of sp³-hybridized carbons (Fsp3) is 0.571. The average molecular weight is 253 g/mol. The molecule has 17 heavy (non-hydrogen) atoms. The van der Waals surface area contributed by atoms with E-state index in [1.54, 1.807) is 0 Å². The maximum atomic E-state index is 6.02. The lowest BCUT2D eigenvalue weighted by Gasteiger charge is -2.21. The molecule has 0 heterocycles. The highest BCUT2D eigenvalue weighted by Gasteiger charge is 2.16. The summed E-state index contributed by atoms with van der Waals surface area (Å²) in [5.74, 6) is 0.893. The summed E-state index contributed by atoms with van der Waals surface area (Å²) in [7, 11) is 2.18. The fourth-order valence-corrected chi connectivity index (χ4v) is 2.88. The number of nitrogen functional groups attached to an aromatic ring is 1. The Morgan fingerprint density at radius 1 is 1.35 bits per heavy atom. The van der Waals surface area contributed by atoms with Crippen molar-refractivity contribution in [3.05, 3.63) is 28.8 Å². The molecule has 0 bridgehead atoms. The standard InChI is InChI=1S/C14H21ClN2/c1-17(9-11-4-2-3-5-11)10-12-6-7-14(16)13(15)8-12/h6-8,11H,2-5,9-10,16H2,1H3. The van der Waals surface area contributed by atoms with Crippen LogP contribution in [0.5, 0.6) is 0 Å². The molecule has 1 saturated carbocycles. The minimum absolute atomic E-state index is 0.661. The number of nitrogens with two attached hydrogens (primary N) is 1. The SMILES string of the molecule is CN(Cc1ccc(N)c(Cl)c1)CC1CCCC1. The summed E-state index contributed by atoms with van der Waals surface area (Å²) in [6.45, 7) is 2.15. The van der Waals surface area contributed by atoms with Gasteiger partial charge in [0.15, 0.2) is 0 Å². The highest BCUT2D eigenvalue weighted by Crippen LogP contribution is 2.26. The molecular weight excluding hydrogens is 232 g/mol. The molecular formula is C14H21ClN2. The molecule has 0 amide bonds. The van der Waals surface area contributed by atoms with E-state index in [0.29, 0.717) is 10.7 Å². The molecule has 0 atom stereocenters. The summed E-state index contributed by atoms with van der Waals surface area (Å²) < 4.78 is 0. The second kappa shape index (κ2) is 5.74. The Labute approximate surface area is 109 Å². The normalized spacial score (nSPS) is 16.9. The van der Waals surface area contributed by atoms with Crippen LogP contribution < -0.4 is 5.73 Å². The Bertz CT molecular complexity index is 372. The van der Waals surface area contributed by atoms with Crippen LogP contribution in [0.1, 0.15) is 31.2 Å². The molecule has 0 radical (unpaired) electrons. The van der Waals surface area contributed by atoms with Gasteiger partial charge in [0, 0.05) is 13.1 Å². The number of benzene rings is 1. The van der Waals surface area contributed by atoms with Crippen molar-refractivity contribution in [3.8, 4) is 0 Å². The Kier molecular flexibility index (Phi) is 4.30. The number of nitrogens with zero attached hydrogens (tertiary/aromatic N) is 1. The Hall–Kier alpha value is -0.730. The van der Waals surface area contributed by atoms with E-state index in [0.717, 1.165) is 12.5 Å². The van der Waals surface area contributed by atoms with E-state index in [9.17, 15) is 0 Å². The van der Waals surface area contributed by atoms with Crippen LogP contribution in [0.2, 0.25) is 5.02 Å². The van der Waals surface area contributed by atoms with E-state index in [-0.39, 0.29) is 0 Å². The quantitative estimate of drug-likeness (QED) is 0.831. The van der Waals surface area contributed by atoms with E-state index in [4.69, 9.17) is 17.3 Å². The van der Waals surface area contributed by atoms with Gasteiger partial charge in [0.2, 0.25) is 0 Å². The molecule has 2 rings (SSSR count). The predicted molar refractivity (Wildman–Crippen MR) is 74.2 cm³/mol. The second-order valence-electron chi connectivity index (χ2n) is 5.20. The zero-order valence-corrected chi connectivity index (χ0v) is 11.2. The Morgan fingerprint density at radius 3 is 2.71 bits per heavy atom. The van der Waals surface area contributed by atoms with Crippen molar-refractivity contribution < 1.29 is 0 Å². The number of hydrogen-bond acceptors (Lipinski definition) is 2. The van der Waals surface area contributed by atoms with Crippen LogP contribution in [0, 0.1) is 5.92 Å². The van der Waals surface area contributed by atoms with Gasteiger partial charge in [-0.2, -0.15) is 0 Å². The van der Waals surface area contributed by atoms with Gasteiger partial charge in [-0.15, -0.1) is 0 Å². The van der Waals surface area contributed by atoms with Crippen molar-refractivity contribution in [3.63, 3.8) is 0 Å². The largest absolute Gasteiger partial charge is 0.398 e. The lowest BCUT2D eigenvalue weighted by molar-refractivity contribution is 0.271. The summed E-state index contributed by atoms with van der Waals surface area (Å²) in [6, 6.07) is 5.93. The maximum absolute atomic E-state index is 6.02. The van der Waals surface area contributed by atoms with E-state index >= 15 is 0 Å². The van der Waals surface area contributed by atoms with Crippen molar-refractivity contribution in [1.29, 1.82) is 0 Å². The van der Waals surface area contributed by atoms with Gasteiger partial charge in [-0.25, -0.2) is 0 Å². The lowest BCUT2D eigenvalue weighted by Crippen LogP contribution is -2.24. The van der Waals surface area contributed by atoms with Crippen LogP contribution >= 0.6 is 11.6 Å². The highest BCUT2D eigenvalue weighted by atomic mass is 35.5. The summed E-state index contributed by atoms with van der Waals surface area (Å²) in [4.78, 5) is 2.39. The zero-order chi connectivity index (χ0) is 12.3. The first kappa shape index (κ1) is 12.7. The summed E-state index contributed by atoms with van der Waals surface area (Å²) in [6.07, 6.45) is 5.61. The highest BCUT2D eigenvalue weighted by molar-refractivity contribution is 6.33. The third kappa shape index (κ3) is 3.62. The monoisotopic (exact) mass is 252 g/mol. The third-order valence-corrected chi connectivity index (χ3v) is 3.89. The molecule has 0 saturated heterocycles. The number of halogens is 1. The maximum Gasteiger partial charge on any atom is 0.0638 e. The minimum Gasteiger partial charge on any atom is -0.398 e. The summed E-state index contributed by atoms with van der Waals surface area (Å²) in [5.41, 5.74) is 7.61. The molecule has 94 valence electrons. The molecule has 0 aromatic heterocycles. The Balaban J connectivity index is 1.88. The van der Waals surface area contributed by atoms with Gasteiger partial charge in [-0.05, 0) is 43.5 Å². The van der Waals surface area contributed by atoms with E-state index < -0.39 is 0 Å². The molecule has 0 spiro atoms. The predicted octanol–water partition coefficient (Wildman–Crippen LogP) is 3.54. The first-order valence-electron chi connectivity index (χ1n) is 6.37. The Morgan fingerprint density at radius 2 is 2.06 bits per heavy atom. The second-order valence-corrected chi connectivity index (χ2v) is 5.61. The number of rotatable bonds is 4. The minimum atomic E-state index is 0.661. The molecule has 2 N–H and O–H groups in total. The molecule has 2 nitrogen and oxygen atoms in total. The lowest BCUT2D eigenvalue weighted by atomic mass is 10.1. The first-order valence-corrected chi connectivity index (χ1v) is 6.75. The number of anilines is 1. The van der Waals surface area contributed by atoms with Crippen LogP contribution in [0.3, 0.4) is 0 Å². The van der Waals surface area contributed by atoms with Crippen LogP contribution in [-0.2, 0) is 6.54 Å². The summed E-state index contributed by atoms with van der Waals surface area (Å²) in [5, 5.41) is 0.664. The van der Waals surface area contributed by atoms with Gasteiger partial charge >= 0.3 is 0 Å². The molecule has 0 unspecified atom stereocenters. The van der Waals surface area contributed by atoms with Gasteiger partial charge in [-0.1, -0.05) is 30.5 Å². The zero-order valence-electron chi connectivity index (χ0n) is 10.5. The molecule has 1 aliphatic carbocycles. The average Bonchev–Trinajstić information content (AvgIpc) is 2.76. The molecule has 3 heteroatoms. The van der Waals surface area contributed by atoms with Gasteiger partial charge in [0.1, 0.15) is 0 Å². The van der Waals surface area contributed by atoms with Crippen molar-refractivity contribution in [2.75, 3.05) is 19.3 Å². The van der Waals surface area contributed by atoms with Crippen LogP contribution in [0.4, 0.5) is 5.69 Å². The van der Waals surface area contributed by atoms with Crippen LogP contribution in [0.25, 0.3) is 0 Å². The molecule has 1 aliphatic rings. The van der Waals surface area contributed by atoms with Gasteiger partial charge < -0.3 is 10.6 Å². The van der Waals surface area contributed by atoms with E-state index in [1.807, 2.05) is 12.1 Å². The number of hydrogen-bond donors (Lipinski definition) is 1. The van der Waals surface area contributed by atoms with Crippen LogP contribution in [0.15, 0.2) is 18.2 Å². The van der Waals surface area contributed by atoms with Crippen LogP contribution in [-0.4, -0.2) is 18.5 Å². The smallest absolute Gasteiger partial charge is 0.0638 e. The fourth-order valence-electron chi connectivity index (χ4n) is 2.68. The van der Waals surface area contributed by atoms with E-state index in [2.05, 4.69) is 18.0 Å². The van der Waals surface area contributed by atoms with Crippen molar-refractivity contribution in [2.24, 2.45) is 5.92 Å². The van der Waals surface area contributed by atoms with Gasteiger partial charge in [0.05, 0.1) is 10.7 Å². The molecule has 1 aromatic rings.